The van der Waals surface area contributed by atoms with E-state index in [1.165, 1.54) is 5.38 Å². The number of carbonyl (C=O) groups is 2. The maximum absolute atomic E-state index is 12.3. The molecule has 19 heavy (non-hydrogen) atoms. The van der Waals surface area contributed by atoms with Crippen molar-refractivity contribution in [2.45, 2.75) is 31.9 Å². The molecule has 1 aliphatic heterocycles. The van der Waals surface area contributed by atoms with Crippen LogP contribution in [0, 0.1) is 0 Å². The van der Waals surface area contributed by atoms with Crippen LogP contribution >= 0.6 is 11.3 Å². The van der Waals surface area contributed by atoms with E-state index in [1.54, 1.807) is 12.0 Å². The first kappa shape index (κ1) is 14.0. The molecule has 0 aliphatic carbocycles. The fraction of sp³-hybridized carbons (Fsp3) is 0.583. The number of amides is 1. The third kappa shape index (κ3) is 2.93. The van der Waals surface area contributed by atoms with Crippen molar-refractivity contribution in [1.29, 1.82) is 0 Å². The standard InChI is InChI=1S/C12H16N2O4S/c1-7-5-8(18-2)3-4-14(7)11(15)10-13-9(6-19-10)12(16)17/h6-8H,3-5H2,1-2H3,(H,16,17). The van der Waals surface area contributed by atoms with Gasteiger partial charge < -0.3 is 14.7 Å². The summed E-state index contributed by atoms with van der Waals surface area (Å²) in [5, 5.41) is 10.4. The van der Waals surface area contributed by atoms with Crippen molar-refractivity contribution in [3.05, 3.63) is 16.1 Å². The average Bonchev–Trinajstić information content (AvgIpc) is 2.87. The van der Waals surface area contributed by atoms with Gasteiger partial charge in [-0.05, 0) is 19.8 Å². The highest BCUT2D eigenvalue weighted by molar-refractivity contribution is 7.11. The average molecular weight is 284 g/mol. The second kappa shape index (κ2) is 5.66. The summed E-state index contributed by atoms with van der Waals surface area (Å²) in [5.41, 5.74) is -0.0761. The zero-order valence-electron chi connectivity index (χ0n) is 10.8. The summed E-state index contributed by atoms with van der Waals surface area (Å²) in [6.45, 7) is 2.58. The van der Waals surface area contributed by atoms with E-state index >= 15 is 0 Å². The van der Waals surface area contributed by atoms with Crippen LogP contribution in [0.25, 0.3) is 0 Å². The number of methoxy groups -OCH3 is 1. The Morgan fingerprint density at radius 1 is 1.58 bits per heavy atom. The number of nitrogens with zero attached hydrogens (tertiary/aromatic N) is 2. The molecule has 0 bridgehead atoms. The van der Waals surface area contributed by atoms with Crippen LogP contribution in [0.1, 0.15) is 40.1 Å². The largest absolute Gasteiger partial charge is 0.476 e. The highest BCUT2D eigenvalue weighted by atomic mass is 32.1. The molecule has 1 aromatic heterocycles. The molecule has 6 nitrogen and oxygen atoms in total. The quantitative estimate of drug-likeness (QED) is 0.909. The first-order chi connectivity index (χ1) is 9.02. The van der Waals surface area contributed by atoms with E-state index in [-0.39, 0.29) is 28.8 Å². The summed E-state index contributed by atoms with van der Waals surface area (Å²) >= 11 is 1.07. The molecule has 7 heteroatoms. The fourth-order valence-corrected chi connectivity index (χ4v) is 2.98. The van der Waals surface area contributed by atoms with Crippen LogP contribution in [0.5, 0.6) is 0 Å². The number of carbonyl (C=O) groups excluding carboxylic acids is 1. The summed E-state index contributed by atoms with van der Waals surface area (Å²) in [7, 11) is 1.68. The zero-order chi connectivity index (χ0) is 14.0. The number of hydrogen-bond acceptors (Lipinski definition) is 5. The van der Waals surface area contributed by atoms with Gasteiger partial charge in [0.05, 0.1) is 6.10 Å². The molecule has 1 fully saturated rings. The minimum Gasteiger partial charge on any atom is -0.476 e. The highest BCUT2D eigenvalue weighted by Gasteiger charge is 2.30. The maximum atomic E-state index is 12.3. The van der Waals surface area contributed by atoms with Crippen LogP contribution < -0.4 is 0 Å². The van der Waals surface area contributed by atoms with E-state index in [9.17, 15) is 9.59 Å². The maximum Gasteiger partial charge on any atom is 0.355 e. The summed E-state index contributed by atoms with van der Waals surface area (Å²) < 4.78 is 5.30. The first-order valence-electron chi connectivity index (χ1n) is 6.05. The van der Waals surface area contributed by atoms with Crippen molar-refractivity contribution in [2.24, 2.45) is 0 Å². The number of carboxylic acids is 1. The lowest BCUT2D eigenvalue weighted by Crippen LogP contribution is -2.46. The normalized spacial score (nSPS) is 23.4. The molecule has 104 valence electrons. The minimum atomic E-state index is -1.11. The zero-order valence-corrected chi connectivity index (χ0v) is 11.6. The monoisotopic (exact) mass is 284 g/mol. The topological polar surface area (TPSA) is 79.7 Å². The molecule has 2 atom stereocenters. The summed E-state index contributed by atoms with van der Waals surface area (Å²) in [4.78, 5) is 28.6. The Balaban J connectivity index is 2.09. The molecule has 1 aromatic rings. The summed E-state index contributed by atoms with van der Waals surface area (Å²) in [6, 6.07) is 0.0726. The number of aromatic nitrogens is 1. The SMILES string of the molecule is COC1CCN(C(=O)c2nc(C(=O)O)cs2)C(C)C1. The first-order valence-corrected chi connectivity index (χ1v) is 6.93. The smallest absolute Gasteiger partial charge is 0.355 e. The van der Waals surface area contributed by atoms with E-state index < -0.39 is 5.97 Å². The molecule has 1 saturated heterocycles. The Bertz CT molecular complexity index is 488. The number of aromatic carboxylic acids is 1. The number of likely N-dealkylation sites (tertiary alicyclic amines) is 1. The van der Waals surface area contributed by atoms with Gasteiger partial charge in [0, 0.05) is 25.1 Å². The van der Waals surface area contributed by atoms with E-state index in [0.717, 1.165) is 24.2 Å². The predicted molar refractivity (Wildman–Crippen MR) is 69.6 cm³/mol. The van der Waals surface area contributed by atoms with Gasteiger partial charge >= 0.3 is 5.97 Å². The van der Waals surface area contributed by atoms with Crippen LogP contribution in [0.2, 0.25) is 0 Å². The molecule has 1 N–H and O–H groups in total. The van der Waals surface area contributed by atoms with Gasteiger partial charge in [-0.15, -0.1) is 11.3 Å². The van der Waals surface area contributed by atoms with Gasteiger partial charge in [0.25, 0.3) is 5.91 Å². The number of carboxylic acid groups (broad SMARTS) is 1. The van der Waals surface area contributed by atoms with Gasteiger partial charge in [-0.2, -0.15) is 0 Å². The van der Waals surface area contributed by atoms with Crippen LogP contribution in [-0.2, 0) is 4.74 Å². The molecular weight excluding hydrogens is 268 g/mol. The third-order valence-corrected chi connectivity index (χ3v) is 4.16. The van der Waals surface area contributed by atoms with Crippen molar-refractivity contribution in [2.75, 3.05) is 13.7 Å². The molecule has 0 aromatic carbocycles. The molecule has 1 amide bonds. The molecular formula is C12H16N2O4S. The number of thiazole rings is 1. The lowest BCUT2D eigenvalue weighted by molar-refractivity contribution is 0.0160. The molecule has 0 radical (unpaired) electrons. The van der Waals surface area contributed by atoms with Crippen LogP contribution in [0.4, 0.5) is 0 Å². The number of piperidine rings is 1. The summed E-state index contributed by atoms with van der Waals surface area (Å²) in [6.07, 6.45) is 1.77. The van der Waals surface area contributed by atoms with Gasteiger partial charge in [-0.25, -0.2) is 9.78 Å². The molecule has 2 rings (SSSR count). The van der Waals surface area contributed by atoms with Crippen molar-refractivity contribution in [3.63, 3.8) is 0 Å². The van der Waals surface area contributed by atoms with Gasteiger partial charge in [0.1, 0.15) is 0 Å². The summed E-state index contributed by atoms with van der Waals surface area (Å²) in [5.74, 6) is -1.30. The van der Waals surface area contributed by atoms with E-state index in [4.69, 9.17) is 9.84 Å². The Morgan fingerprint density at radius 3 is 2.84 bits per heavy atom. The van der Waals surface area contributed by atoms with Crippen molar-refractivity contribution >= 4 is 23.2 Å². The van der Waals surface area contributed by atoms with Crippen molar-refractivity contribution in [1.82, 2.24) is 9.88 Å². The van der Waals surface area contributed by atoms with Crippen molar-refractivity contribution < 1.29 is 19.4 Å². The number of hydrogen-bond donors (Lipinski definition) is 1. The molecule has 2 unspecified atom stereocenters. The fourth-order valence-electron chi connectivity index (χ4n) is 2.24. The van der Waals surface area contributed by atoms with Crippen LogP contribution in [0.15, 0.2) is 5.38 Å². The van der Waals surface area contributed by atoms with Gasteiger partial charge in [-0.3, -0.25) is 4.79 Å². The Kier molecular flexibility index (Phi) is 4.16. The second-order valence-electron chi connectivity index (χ2n) is 4.57. The number of ether oxygens (including phenoxy) is 1. The highest BCUT2D eigenvalue weighted by Crippen LogP contribution is 2.22. The van der Waals surface area contributed by atoms with Crippen LogP contribution in [-0.4, -0.2) is 52.7 Å². The van der Waals surface area contributed by atoms with Gasteiger partial charge in [0.15, 0.2) is 10.7 Å². The Labute approximate surface area is 115 Å². The second-order valence-corrected chi connectivity index (χ2v) is 5.43. The lowest BCUT2D eigenvalue weighted by Gasteiger charge is -2.36. The Hall–Kier alpha value is -1.47. The third-order valence-electron chi connectivity index (χ3n) is 3.33. The molecule has 2 heterocycles. The molecule has 0 spiro atoms. The van der Waals surface area contributed by atoms with E-state index in [2.05, 4.69) is 4.98 Å². The Morgan fingerprint density at radius 2 is 2.32 bits per heavy atom. The van der Waals surface area contributed by atoms with Gasteiger partial charge in [-0.1, -0.05) is 0 Å². The van der Waals surface area contributed by atoms with E-state index in [1.807, 2.05) is 6.92 Å². The number of rotatable bonds is 3. The van der Waals surface area contributed by atoms with Crippen molar-refractivity contribution in [3.8, 4) is 0 Å². The van der Waals surface area contributed by atoms with E-state index in [0.29, 0.717) is 6.54 Å². The predicted octanol–water partition coefficient (Wildman–Crippen LogP) is 1.48. The van der Waals surface area contributed by atoms with Gasteiger partial charge in [0.2, 0.25) is 0 Å². The minimum absolute atomic E-state index is 0.0726. The van der Waals surface area contributed by atoms with Crippen LogP contribution in [0.3, 0.4) is 0 Å². The molecule has 0 saturated carbocycles. The lowest BCUT2D eigenvalue weighted by atomic mass is 10.0. The molecule has 1 aliphatic rings.